The van der Waals surface area contributed by atoms with Gasteiger partial charge in [0.05, 0.1) is 11.7 Å². The third-order valence-corrected chi connectivity index (χ3v) is 2.91. The predicted molar refractivity (Wildman–Crippen MR) is 65.2 cm³/mol. The minimum atomic E-state index is -4.49. The number of aliphatic hydroxyl groups excluding tert-OH is 1. The molecule has 1 aromatic rings. The Bertz CT molecular complexity index is 412. The minimum Gasteiger partial charge on any atom is -0.393 e. The number of aliphatic hydroxyl groups is 1. The summed E-state index contributed by atoms with van der Waals surface area (Å²) in [5.41, 5.74) is -0.981. The summed E-state index contributed by atoms with van der Waals surface area (Å²) in [6.45, 7) is 3.97. The highest BCUT2D eigenvalue weighted by atomic mass is 19.4. The molecule has 0 radical (unpaired) electrons. The molecular weight excluding hydrogens is 260 g/mol. The van der Waals surface area contributed by atoms with E-state index in [0.717, 1.165) is 18.6 Å². The van der Waals surface area contributed by atoms with E-state index in [0.29, 0.717) is 18.4 Å². The van der Waals surface area contributed by atoms with Gasteiger partial charge in [0, 0.05) is 6.42 Å². The normalized spacial score (nSPS) is 13.9. The van der Waals surface area contributed by atoms with Crippen LogP contribution in [0.4, 0.5) is 17.6 Å². The third kappa shape index (κ3) is 5.19. The second kappa shape index (κ2) is 6.37. The van der Waals surface area contributed by atoms with Gasteiger partial charge >= 0.3 is 6.18 Å². The van der Waals surface area contributed by atoms with Crippen molar-refractivity contribution in [1.82, 2.24) is 0 Å². The van der Waals surface area contributed by atoms with Crippen LogP contribution >= 0.6 is 0 Å². The van der Waals surface area contributed by atoms with Crippen molar-refractivity contribution in [3.05, 3.63) is 35.1 Å². The monoisotopic (exact) mass is 278 g/mol. The highest BCUT2D eigenvalue weighted by Gasteiger charge is 2.31. The van der Waals surface area contributed by atoms with Crippen LogP contribution in [0.2, 0.25) is 0 Å². The summed E-state index contributed by atoms with van der Waals surface area (Å²) >= 11 is 0. The van der Waals surface area contributed by atoms with Gasteiger partial charge in [-0.1, -0.05) is 13.8 Å². The lowest BCUT2D eigenvalue weighted by Crippen LogP contribution is -2.14. The van der Waals surface area contributed by atoms with Crippen molar-refractivity contribution < 1.29 is 22.7 Å². The van der Waals surface area contributed by atoms with E-state index < -0.39 is 23.7 Å². The predicted octanol–water partition coefficient (Wildman–Crippen LogP) is 4.18. The fourth-order valence-electron chi connectivity index (χ4n) is 1.79. The molecule has 1 nitrogen and oxygen atoms in total. The molecule has 0 spiro atoms. The van der Waals surface area contributed by atoms with Crippen molar-refractivity contribution >= 4 is 0 Å². The summed E-state index contributed by atoms with van der Waals surface area (Å²) in [7, 11) is 0. The van der Waals surface area contributed by atoms with Gasteiger partial charge in [-0.05, 0) is 42.5 Å². The van der Waals surface area contributed by atoms with E-state index >= 15 is 0 Å². The number of alkyl halides is 3. The second-order valence-electron chi connectivity index (χ2n) is 5.13. The molecule has 0 heterocycles. The smallest absolute Gasteiger partial charge is 0.393 e. The Kier molecular flexibility index (Phi) is 5.35. The van der Waals surface area contributed by atoms with Crippen LogP contribution in [-0.2, 0) is 12.6 Å². The number of hydrogen-bond acceptors (Lipinski definition) is 1. The summed E-state index contributed by atoms with van der Waals surface area (Å²) in [5, 5.41) is 9.72. The summed E-state index contributed by atoms with van der Waals surface area (Å²) in [6, 6.07) is 2.28. The van der Waals surface area contributed by atoms with Gasteiger partial charge in [-0.15, -0.1) is 0 Å². The van der Waals surface area contributed by atoms with Crippen molar-refractivity contribution in [2.75, 3.05) is 0 Å². The molecule has 0 bridgehead atoms. The van der Waals surface area contributed by atoms with Crippen LogP contribution in [0.1, 0.15) is 37.8 Å². The van der Waals surface area contributed by atoms with Crippen molar-refractivity contribution in [3.8, 4) is 0 Å². The molecule has 0 aliphatic carbocycles. The second-order valence-corrected chi connectivity index (χ2v) is 5.13. The molecule has 1 atom stereocenters. The summed E-state index contributed by atoms with van der Waals surface area (Å²) in [5.74, 6) is -0.322. The van der Waals surface area contributed by atoms with Gasteiger partial charge in [-0.25, -0.2) is 4.39 Å². The van der Waals surface area contributed by atoms with Crippen molar-refractivity contribution in [3.63, 3.8) is 0 Å². The zero-order valence-corrected chi connectivity index (χ0v) is 11.0. The van der Waals surface area contributed by atoms with Gasteiger partial charge in [0.25, 0.3) is 0 Å². The van der Waals surface area contributed by atoms with Crippen molar-refractivity contribution in [2.24, 2.45) is 5.92 Å². The first-order chi connectivity index (χ1) is 8.70. The Morgan fingerprint density at radius 1 is 1.16 bits per heavy atom. The van der Waals surface area contributed by atoms with Crippen molar-refractivity contribution in [1.29, 1.82) is 0 Å². The van der Waals surface area contributed by atoms with E-state index in [4.69, 9.17) is 0 Å². The molecule has 19 heavy (non-hydrogen) atoms. The number of hydrogen-bond donors (Lipinski definition) is 1. The van der Waals surface area contributed by atoms with Gasteiger partial charge in [-0.3, -0.25) is 0 Å². The number of rotatable bonds is 5. The average molecular weight is 278 g/mol. The fraction of sp³-hybridized carbons (Fsp3) is 0.571. The molecule has 1 rings (SSSR count). The van der Waals surface area contributed by atoms with Gasteiger partial charge in [0.1, 0.15) is 5.82 Å². The molecule has 0 amide bonds. The van der Waals surface area contributed by atoms with Gasteiger partial charge < -0.3 is 5.11 Å². The van der Waals surface area contributed by atoms with Crippen LogP contribution < -0.4 is 0 Å². The largest absolute Gasteiger partial charge is 0.416 e. The Hall–Kier alpha value is -1.10. The lowest BCUT2D eigenvalue weighted by atomic mass is 9.98. The molecule has 1 N–H and O–H groups in total. The molecule has 0 aromatic heterocycles. The van der Waals surface area contributed by atoms with Crippen LogP contribution in [0.3, 0.4) is 0 Å². The first kappa shape index (κ1) is 16.0. The maximum atomic E-state index is 13.4. The van der Waals surface area contributed by atoms with Crippen LogP contribution in [0.15, 0.2) is 18.2 Å². The van der Waals surface area contributed by atoms with E-state index in [2.05, 4.69) is 0 Å². The first-order valence-corrected chi connectivity index (χ1v) is 6.24. The number of halogens is 4. The Balaban J connectivity index is 2.77. The Morgan fingerprint density at radius 2 is 1.79 bits per heavy atom. The zero-order valence-electron chi connectivity index (χ0n) is 11.0. The highest BCUT2D eigenvalue weighted by molar-refractivity contribution is 5.27. The lowest BCUT2D eigenvalue weighted by molar-refractivity contribution is -0.137. The molecule has 5 heteroatoms. The van der Waals surface area contributed by atoms with E-state index in [-0.39, 0.29) is 12.0 Å². The fourth-order valence-corrected chi connectivity index (χ4v) is 1.79. The lowest BCUT2D eigenvalue weighted by Gasteiger charge is -2.14. The van der Waals surface area contributed by atoms with Crippen LogP contribution in [-0.4, -0.2) is 11.2 Å². The third-order valence-electron chi connectivity index (χ3n) is 2.91. The zero-order chi connectivity index (χ0) is 14.6. The molecule has 0 aliphatic heterocycles. The summed E-state index contributed by atoms with van der Waals surface area (Å²) in [4.78, 5) is 0. The Labute approximate surface area is 110 Å². The summed E-state index contributed by atoms with van der Waals surface area (Å²) < 4.78 is 51.0. The van der Waals surface area contributed by atoms with E-state index in [9.17, 15) is 22.7 Å². The summed E-state index contributed by atoms with van der Waals surface area (Å²) in [6.07, 6.45) is -4.21. The van der Waals surface area contributed by atoms with E-state index in [1.54, 1.807) is 0 Å². The molecule has 1 unspecified atom stereocenters. The van der Waals surface area contributed by atoms with Gasteiger partial charge in [0.15, 0.2) is 0 Å². The molecule has 1 aromatic carbocycles. The average Bonchev–Trinajstić information content (AvgIpc) is 2.28. The maximum absolute atomic E-state index is 13.4. The van der Waals surface area contributed by atoms with E-state index in [1.807, 2.05) is 13.8 Å². The van der Waals surface area contributed by atoms with Crippen LogP contribution in [0.5, 0.6) is 0 Å². The van der Waals surface area contributed by atoms with E-state index in [1.165, 1.54) is 0 Å². The van der Waals surface area contributed by atoms with Crippen molar-refractivity contribution in [2.45, 2.75) is 45.4 Å². The first-order valence-electron chi connectivity index (χ1n) is 6.24. The Morgan fingerprint density at radius 3 is 2.32 bits per heavy atom. The van der Waals surface area contributed by atoms with Gasteiger partial charge in [0.2, 0.25) is 0 Å². The molecular formula is C14H18F4O. The standard InChI is InChI=1S/C14H18F4O/c1-9(2)3-5-12(19)8-10-7-11(14(16,17)18)4-6-13(10)15/h4,6-7,9,12,19H,3,5,8H2,1-2H3. The van der Waals surface area contributed by atoms with Crippen LogP contribution in [0, 0.1) is 11.7 Å². The topological polar surface area (TPSA) is 20.2 Å². The SMILES string of the molecule is CC(C)CCC(O)Cc1cc(C(F)(F)F)ccc1F. The molecule has 0 fully saturated rings. The maximum Gasteiger partial charge on any atom is 0.416 e. The van der Waals surface area contributed by atoms with Gasteiger partial charge in [-0.2, -0.15) is 13.2 Å². The molecule has 0 saturated heterocycles. The molecule has 108 valence electrons. The highest BCUT2D eigenvalue weighted by Crippen LogP contribution is 2.30. The quantitative estimate of drug-likeness (QED) is 0.801. The minimum absolute atomic E-state index is 0.0916. The molecule has 0 saturated carbocycles. The van der Waals surface area contributed by atoms with Crippen LogP contribution in [0.25, 0.3) is 0 Å². The number of benzene rings is 1. The molecule has 0 aliphatic rings.